The fourth-order valence-electron chi connectivity index (χ4n) is 5.69. The number of methoxy groups -OCH3 is 1. The van der Waals surface area contributed by atoms with Crippen LogP contribution in [-0.4, -0.2) is 37.5 Å². The Bertz CT molecular complexity index is 665. The summed E-state index contributed by atoms with van der Waals surface area (Å²) < 4.78 is 5.03. The van der Waals surface area contributed by atoms with Gasteiger partial charge in [-0.2, -0.15) is 0 Å². The summed E-state index contributed by atoms with van der Waals surface area (Å²) >= 11 is 0. The number of carbonyl (C=O) groups excluding carboxylic acids is 2. The SMILES string of the molecule is COc1ccc(N(C)C(=O)CNC(=O)C23CC4CC(CC(C4)C2)C3)cn1. The number of nitrogens with zero attached hydrogens (tertiary/aromatic N) is 2. The van der Waals surface area contributed by atoms with Crippen molar-refractivity contribution >= 4 is 17.5 Å². The Balaban J connectivity index is 1.36. The number of rotatable bonds is 5. The molecule has 5 rings (SSSR count). The van der Waals surface area contributed by atoms with Crippen LogP contribution in [0.1, 0.15) is 38.5 Å². The van der Waals surface area contributed by atoms with Gasteiger partial charge in [-0.3, -0.25) is 9.59 Å². The van der Waals surface area contributed by atoms with Gasteiger partial charge in [0.1, 0.15) is 0 Å². The smallest absolute Gasteiger partial charge is 0.246 e. The van der Waals surface area contributed by atoms with Gasteiger partial charge in [-0.25, -0.2) is 4.98 Å². The number of carbonyl (C=O) groups is 2. The Morgan fingerprint density at radius 1 is 1.19 bits per heavy atom. The van der Waals surface area contributed by atoms with Crippen molar-refractivity contribution in [2.45, 2.75) is 38.5 Å². The second-order valence-corrected chi connectivity index (χ2v) is 8.39. The van der Waals surface area contributed by atoms with Crippen LogP contribution in [0, 0.1) is 23.2 Å². The molecule has 4 aliphatic rings. The number of amides is 2. The molecule has 6 nitrogen and oxygen atoms in total. The van der Waals surface area contributed by atoms with Crippen LogP contribution in [0.3, 0.4) is 0 Å². The highest BCUT2D eigenvalue weighted by atomic mass is 16.5. The fourth-order valence-corrected chi connectivity index (χ4v) is 5.69. The number of hydrogen-bond acceptors (Lipinski definition) is 4. The first-order valence-electron chi connectivity index (χ1n) is 9.54. The predicted molar refractivity (Wildman–Crippen MR) is 97.8 cm³/mol. The number of aromatic nitrogens is 1. The van der Waals surface area contributed by atoms with Gasteiger partial charge in [-0.1, -0.05) is 0 Å². The van der Waals surface area contributed by atoms with E-state index in [0.717, 1.165) is 37.0 Å². The average Bonchev–Trinajstić information content (AvgIpc) is 2.64. The summed E-state index contributed by atoms with van der Waals surface area (Å²) in [6.07, 6.45) is 8.54. The van der Waals surface area contributed by atoms with E-state index >= 15 is 0 Å². The zero-order valence-corrected chi connectivity index (χ0v) is 15.5. The summed E-state index contributed by atoms with van der Waals surface area (Å²) in [5, 5.41) is 2.94. The molecule has 1 aromatic heterocycles. The molecule has 0 spiro atoms. The summed E-state index contributed by atoms with van der Waals surface area (Å²) in [7, 11) is 3.25. The number of anilines is 1. The fraction of sp³-hybridized carbons (Fsp3) is 0.650. The van der Waals surface area contributed by atoms with Gasteiger partial charge in [-0.05, 0) is 62.3 Å². The number of likely N-dealkylation sites (N-methyl/N-ethyl adjacent to an activating group) is 1. The lowest BCUT2D eigenvalue weighted by molar-refractivity contribution is -0.147. The van der Waals surface area contributed by atoms with Crippen molar-refractivity contribution in [1.82, 2.24) is 10.3 Å². The molecular formula is C20H27N3O3. The molecule has 1 aromatic rings. The molecule has 26 heavy (non-hydrogen) atoms. The van der Waals surface area contributed by atoms with Crippen molar-refractivity contribution in [3.63, 3.8) is 0 Å². The Hall–Kier alpha value is -2.11. The van der Waals surface area contributed by atoms with E-state index in [1.807, 2.05) is 0 Å². The van der Waals surface area contributed by atoms with Crippen LogP contribution < -0.4 is 15.0 Å². The second kappa shape index (κ2) is 6.56. The monoisotopic (exact) mass is 357 g/mol. The summed E-state index contributed by atoms with van der Waals surface area (Å²) in [6.45, 7) is 0.0309. The van der Waals surface area contributed by atoms with Crippen molar-refractivity contribution in [1.29, 1.82) is 0 Å². The average molecular weight is 357 g/mol. The molecule has 4 fully saturated rings. The van der Waals surface area contributed by atoms with Gasteiger partial charge in [0.2, 0.25) is 17.7 Å². The van der Waals surface area contributed by atoms with Crippen molar-refractivity contribution in [2.75, 3.05) is 25.6 Å². The summed E-state index contributed by atoms with van der Waals surface area (Å²) in [6, 6.07) is 3.50. The largest absolute Gasteiger partial charge is 0.481 e. The lowest BCUT2D eigenvalue weighted by Gasteiger charge is -2.55. The van der Waals surface area contributed by atoms with E-state index < -0.39 is 0 Å². The molecule has 1 heterocycles. The highest BCUT2D eigenvalue weighted by Gasteiger charge is 2.54. The molecule has 0 atom stereocenters. The number of hydrogen-bond donors (Lipinski definition) is 1. The highest BCUT2D eigenvalue weighted by molar-refractivity contribution is 5.96. The molecule has 0 radical (unpaired) electrons. The Kier molecular flexibility index (Phi) is 4.37. The minimum atomic E-state index is -0.213. The first-order chi connectivity index (χ1) is 12.5. The lowest BCUT2D eigenvalue weighted by atomic mass is 9.49. The van der Waals surface area contributed by atoms with Gasteiger partial charge in [0.05, 0.1) is 25.5 Å². The number of pyridine rings is 1. The topological polar surface area (TPSA) is 71.5 Å². The second-order valence-electron chi connectivity index (χ2n) is 8.39. The predicted octanol–water partition coefficient (Wildman–Crippen LogP) is 2.39. The Morgan fingerprint density at radius 2 is 1.81 bits per heavy atom. The molecule has 2 amide bonds. The molecule has 140 valence electrons. The van der Waals surface area contributed by atoms with Gasteiger partial charge in [-0.15, -0.1) is 0 Å². The van der Waals surface area contributed by atoms with Crippen molar-refractivity contribution in [3.8, 4) is 5.88 Å². The van der Waals surface area contributed by atoms with Crippen molar-refractivity contribution in [2.24, 2.45) is 23.2 Å². The van der Waals surface area contributed by atoms with Crippen LogP contribution >= 0.6 is 0 Å². The first-order valence-corrected chi connectivity index (χ1v) is 9.54. The Morgan fingerprint density at radius 3 is 2.31 bits per heavy atom. The van der Waals surface area contributed by atoms with Crippen LogP contribution in [0.5, 0.6) is 5.88 Å². The van der Waals surface area contributed by atoms with E-state index in [-0.39, 0.29) is 23.8 Å². The van der Waals surface area contributed by atoms with Gasteiger partial charge < -0.3 is 15.0 Å². The van der Waals surface area contributed by atoms with E-state index in [1.165, 1.54) is 24.2 Å². The minimum absolute atomic E-state index is 0.0309. The van der Waals surface area contributed by atoms with Crippen molar-refractivity contribution < 1.29 is 14.3 Å². The number of nitrogens with one attached hydrogen (secondary N) is 1. The zero-order valence-electron chi connectivity index (χ0n) is 15.5. The molecule has 0 aliphatic heterocycles. The quantitative estimate of drug-likeness (QED) is 0.878. The van der Waals surface area contributed by atoms with Crippen LogP contribution in [-0.2, 0) is 9.59 Å². The molecule has 0 aromatic carbocycles. The molecule has 4 saturated carbocycles. The zero-order chi connectivity index (χ0) is 18.3. The van der Waals surface area contributed by atoms with E-state index in [4.69, 9.17) is 4.74 Å². The standard InChI is InChI=1S/C20H27N3O3/c1-23(16-3-4-17(26-2)21-11-16)18(24)12-22-19(25)20-8-13-5-14(9-20)7-15(6-13)10-20/h3-4,11,13-15H,5-10,12H2,1-2H3,(H,22,25). The normalized spacial score (nSPS) is 31.5. The molecular weight excluding hydrogens is 330 g/mol. The molecule has 4 bridgehead atoms. The molecule has 0 unspecified atom stereocenters. The van der Waals surface area contributed by atoms with Crippen LogP contribution in [0.2, 0.25) is 0 Å². The van der Waals surface area contributed by atoms with E-state index in [9.17, 15) is 9.59 Å². The summed E-state index contributed by atoms with van der Waals surface area (Å²) in [5.41, 5.74) is 0.467. The molecule has 4 aliphatic carbocycles. The van der Waals surface area contributed by atoms with Gasteiger partial charge >= 0.3 is 0 Å². The number of ether oxygens (including phenoxy) is 1. The highest BCUT2D eigenvalue weighted by Crippen LogP contribution is 2.60. The van der Waals surface area contributed by atoms with Crippen LogP contribution in [0.15, 0.2) is 18.3 Å². The summed E-state index contributed by atoms with van der Waals surface area (Å²) in [5.74, 6) is 2.60. The summed E-state index contributed by atoms with van der Waals surface area (Å²) in [4.78, 5) is 31.1. The maximum Gasteiger partial charge on any atom is 0.246 e. The van der Waals surface area contributed by atoms with Crippen molar-refractivity contribution in [3.05, 3.63) is 18.3 Å². The first kappa shape index (κ1) is 17.3. The van der Waals surface area contributed by atoms with Gasteiger partial charge in [0, 0.05) is 18.5 Å². The maximum atomic E-state index is 12.9. The molecule has 0 saturated heterocycles. The minimum Gasteiger partial charge on any atom is -0.481 e. The maximum absolute atomic E-state index is 12.9. The molecule has 1 N–H and O–H groups in total. The third-order valence-corrected chi connectivity index (χ3v) is 6.61. The van der Waals surface area contributed by atoms with Crippen LogP contribution in [0.25, 0.3) is 0 Å². The van der Waals surface area contributed by atoms with Gasteiger partial charge in [0.15, 0.2) is 0 Å². The lowest BCUT2D eigenvalue weighted by Crippen LogP contribution is -2.54. The van der Waals surface area contributed by atoms with E-state index in [0.29, 0.717) is 11.6 Å². The van der Waals surface area contributed by atoms with Gasteiger partial charge in [0.25, 0.3) is 0 Å². The Labute approximate surface area is 154 Å². The van der Waals surface area contributed by atoms with E-state index in [2.05, 4.69) is 10.3 Å². The molecule has 6 heteroatoms. The van der Waals surface area contributed by atoms with E-state index in [1.54, 1.807) is 32.5 Å². The van der Waals surface area contributed by atoms with Crippen LogP contribution in [0.4, 0.5) is 5.69 Å². The third-order valence-electron chi connectivity index (χ3n) is 6.61. The third kappa shape index (κ3) is 3.06.